The van der Waals surface area contributed by atoms with Crippen LogP contribution in [-0.4, -0.2) is 22.9 Å². The summed E-state index contributed by atoms with van der Waals surface area (Å²) in [6.07, 6.45) is 3.02. The van der Waals surface area contributed by atoms with Crippen molar-refractivity contribution in [3.8, 4) is 0 Å². The lowest BCUT2D eigenvalue weighted by Crippen LogP contribution is -2.29. The third-order valence-electron chi connectivity index (χ3n) is 3.06. The van der Waals surface area contributed by atoms with Gasteiger partial charge in [-0.25, -0.2) is 9.97 Å². The molecule has 0 radical (unpaired) electrons. The molecular formula is C17H24N4O. The highest BCUT2D eigenvalue weighted by Gasteiger charge is 2.21. The average Bonchev–Trinajstić information content (AvgIpc) is 2.57. The second kappa shape index (κ2) is 8.12. The van der Waals surface area contributed by atoms with Crippen molar-refractivity contribution < 1.29 is 4.79 Å². The number of hydrogen-bond donors (Lipinski definition) is 2. The van der Waals surface area contributed by atoms with Crippen LogP contribution in [-0.2, 0) is 5.54 Å². The minimum absolute atomic E-state index is 0.195. The zero-order chi connectivity index (χ0) is 16.6. The monoisotopic (exact) mass is 300 g/mol. The number of aromatic nitrogens is 2. The zero-order valence-corrected chi connectivity index (χ0v) is 13.8. The molecular weight excluding hydrogens is 276 g/mol. The minimum Gasteiger partial charge on any atom is -0.355 e. The number of carbonyl (C=O) groups is 1. The Morgan fingerprint density at radius 3 is 2.09 bits per heavy atom. The topological polar surface area (TPSA) is 66.9 Å². The smallest absolute Gasteiger partial charge is 0.254 e. The predicted molar refractivity (Wildman–Crippen MR) is 89.9 cm³/mol. The van der Waals surface area contributed by atoms with Crippen molar-refractivity contribution in [2.45, 2.75) is 33.2 Å². The van der Waals surface area contributed by atoms with E-state index in [9.17, 15) is 4.79 Å². The molecule has 0 saturated carbocycles. The maximum Gasteiger partial charge on any atom is 0.254 e. The van der Waals surface area contributed by atoms with Gasteiger partial charge in [0.25, 0.3) is 5.91 Å². The second-order valence-electron chi connectivity index (χ2n) is 4.99. The van der Waals surface area contributed by atoms with Crippen LogP contribution in [0, 0.1) is 0 Å². The molecule has 118 valence electrons. The van der Waals surface area contributed by atoms with Crippen LogP contribution in [0.15, 0.2) is 42.7 Å². The summed E-state index contributed by atoms with van der Waals surface area (Å²) in [7, 11) is 1.58. The normalized spacial score (nSPS) is 10.2. The van der Waals surface area contributed by atoms with E-state index < -0.39 is 0 Å². The van der Waals surface area contributed by atoms with Crippen molar-refractivity contribution in [1.29, 1.82) is 0 Å². The van der Waals surface area contributed by atoms with E-state index in [4.69, 9.17) is 0 Å². The average molecular weight is 300 g/mol. The first-order chi connectivity index (χ1) is 10.5. The van der Waals surface area contributed by atoms with Crippen LogP contribution in [0.5, 0.6) is 0 Å². The summed E-state index contributed by atoms with van der Waals surface area (Å²) < 4.78 is 0. The molecule has 0 atom stereocenters. The van der Waals surface area contributed by atoms with Crippen LogP contribution in [0.3, 0.4) is 0 Å². The fraction of sp³-hybridized carbons (Fsp3) is 0.353. The van der Waals surface area contributed by atoms with Crippen LogP contribution in [0.25, 0.3) is 0 Å². The summed E-state index contributed by atoms with van der Waals surface area (Å²) in [5.41, 5.74) is 1.28. The van der Waals surface area contributed by atoms with E-state index in [1.807, 2.05) is 44.2 Å². The van der Waals surface area contributed by atoms with Crippen molar-refractivity contribution in [3.05, 3.63) is 53.9 Å². The molecule has 0 unspecified atom stereocenters. The quantitative estimate of drug-likeness (QED) is 0.910. The highest BCUT2D eigenvalue weighted by molar-refractivity contribution is 5.93. The summed E-state index contributed by atoms with van der Waals surface area (Å²) in [5, 5.41) is 5.80. The van der Waals surface area contributed by atoms with Gasteiger partial charge in [-0.1, -0.05) is 44.2 Å². The van der Waals surface area contributed by atoms with Crippen molar-refractivity contribution in [2.24, 2.45) is 0 Å². The summed E-state index contributed by atoms with van der Waals surface area (Å²) in [6.45, 7) is 8.11. The number of rotatable bonds is 4. The molecule has 22 heavy (non-hydrogen) atoms. The zero-order valence-electron chi connectivity index (χ0n) is 13.8. The Balaban J connectivity index is 0.00000116. The fourth-order valence-electron chi connectivity index (χ4n) is 1.86. The molecule has 0 fully saturated rings. The largest absolute Gasteiger partial charge is 0.355 e. The van der Waals surface area contributed by atoms with Crippen LogP contribution >= 0.6 is 0 Å². The molecule has 0 spiro atoms. The van der Waals surface area contributed by atoms with E-state index in [0.717, 1.165) is 5.56 Å². The van der Waals surface area contributed by atoms with Gasteiger partial charge in [-0.15, -0.1) is 0 Å². The SMILES string of the molecule is CC.CNC(=O)c1cnc(NC(C)(C)c2ccccc2)nc1. The number of anilines is 1. The Morgan fingerprint density at radius 2 is 1.59 bits per heavy atom. The summed E-state index contributed by atoms with van der Waals surface area (Å²) in [4.78, 5) is 19.8. The predicted octanol–water partition coefficient (Wildman–Crippen LogP) is 3.21. The van der Waals surface area contributed by atoms with E-state index in [1.165, 1.54) is 12.4 Å². The Hall–Kier alpha value is -2.43. The lowest BCUT2D eigenvalue weighted by atomic mass is 9.95. The molecule has 1 aromatic carbocycles. The van der Waals surface area contributed by atoms with Gasteiger partial charge in [0, 0.05) is 19.4 Å². The van der Waals surface area contributed by atoms with Crippen molar-refractivity contribution in [2.75, 3.05) is 12.4 Å². The first kappa shape index (κ1) is 17.6. The van der Waals surface area contributed by atoms with Crippen molar-refractivity contribution >= 4 is 11.9 Å². The van der Waals surface area contributed by atoms with Crippen LogP contribution in [0.1, 0.15) is 43.6 Å². The van der Waals surface area contributed by atoms with Gasteiger partial charge >= 0.3 is 0 Å². The lowest BCUT2D eigenvalue weighted by Gasteiger charge is -2.26. The maximum absolute atomic E-state index is 11.4. The van der Waals surface area contributed by atoms with Crippen LogP contribution in [0.2, 0.25) is 0 Å². The maximum atomic E-state index is 11.4. The highest BCUT2D eigenvalue weighted by atomic mass is 16.1. The Morgan fingerprint density at radius 1 is 1.05 bits per heavy atom. The van der Waals surface area contributed by atoms with Crippen molar-refractivity contribution in [1.82, 2.24) is 15.3 Å². The first-order valence-electron chi connectivity index (χ1n) is 7.41. The van der Waals surface area contributed by atoms with E-state index in [0.29, 0.717) is 11.5 Å². The molecule has 0 bridgehead atoms. The van der Waals surface area contributed by atoms with Gasteiger partial charge in [-0.3, -0.25) is 4.79 Å². The van der Waals surface area contributed by atoms with Gasteiger partial charge in [0.15, 0.2) is 0 Å². The molecule has 5 heteroatoms. The van der Waals surface area contributed by atoms with Gasteiger partial charge in [-0.2, -0.15) is 0 Å². The van der Waals surface area contributed by atoms with Gasteiger partial charge < -0.3 is 10.6 Å². The van der Waals surface area contributed by atoms with E-state index in [-0.39, 0.29) is 11.4 Å². The van der Waals surface area contributed by atoms with Crippen LogP contribution < -0.4 is 10.6 Å². The standard InChI is InChI=1S/C15H18N4O.C2H6/c1-15(2,12-7-5-4-6-8-12)19-14-17-9-11(10-18-14)13(20)16-3;1-2/h4-10H,1-3H3,(H,16,20)(H,17,18,19);1-2H3. The molecule has 1 amide bonds. The van der Waals surface area contributed by atoms with Gasteiger partial charge in [0.05, 0.1) is 11.1 Å². The fourth-order valence-corrected chi connectivity index (χ4v) is 1.86. The third-order valence-corrected chi connectivity index (χ3v) is 3.06. The Kier molecular flexibility index (Phi) is 6.50. The molecule has 0 aliphatic carbocycles. The Labute approximate surface area is 132 Å². The van der Waals surface area contributed by atoms with Crippen molar-refractivity contribution in [3.63, 3.8) is 0 Å². The van der Waals surface area contributed by atoms with Gasteiger partial charge in [-0.05, 0) is 19.4 Å². The molecule has 0 aliphatic heterocycles. The van der Waals surface area contributed by atoms with Gasteiger partial charge in [0.1, 0.15) is 0 Å². The number of nitrogens with one attached hydrogen (secondary N) is 2. The number of amides is 1. The molecule has 2 N–H and O–H groups in total. The summed E-state index contributed by atoms with van der Waals surface area (Å²) >= 11 is 0. The molecule has 0 aliphatic rings. The van der Waals surface area contributed by atoms with Gasteiger partial charge in [0.2, 0.25) is 5.95 Å². The summed E-state index contributed by atoms with van der Waals surface area (Å²) in [6, 6.07) is 10.1. The van der Waals surface area contributed by atoms with E-state index in [1.54, 1.807) is 7.05 Å². The molecule has 1 aromatic heterocycles. The Bertz CT molecular complexity index is 579. The highest BCUT2D eigenvalue weighted by Crippen LogP contribution is 2.23. The number of nitrogens with zero attached hydrogens (tertiary/aromatic N) is 2. The molecule has 0 saturated heterocycles. The molecule has 5 nitrogen and oxygen atoms in total. The second-order valence-corrected chi connectivity index (χ2v) is 4.99. The van der Waals surface area contributed by atoms with Crippen LogP contribution in [0.4, 0.5) is 5.95 Å². The van der Waals surface area contributed by atoms with E-state index >= 15 is 0 Å². The minimum atomic E-state index is -0.296. The first-order valence-corrected chi connectivity index (χ1v) is 7.41. The number of carbonyl (C=O) groups excluding carboxylic acids is 1. The molecule has 2 rings (SSSR count). The lowest BCUT2D eigenvalue weighted by molar-refractivity contribution is 0.0962. The third kappa shape index (κ3) is 4.55. The molecule has 1 heterocycles. The summed E-state index contributed by atoms with van der Waals surface area (Å²) in [5.74, 6) is 0.297. The number of hydrogen-bond acceptors (Lipinski definition) is 4. The number of benzene rings is 1. The molecule has 2 aromatic rings. The van der Waals surface area contributed by atoms with E-state index in [2.05, 4.69) is 34.4 Å².